The number of nitrogens with one attached hydrogen (secondary N) is 1. The van der Waals surface area contributed by atoms with E-state index in [4.69, 9.17) is 5.11 Å². The minimum absolute atomic E-state index is 0.0444. The number of fused-ring (bicyclic) bond motifs is 1. The first-order valence-electron chi connectivity index (χ1n) is 5.22. The Bertz CT molecular complexity index is 560. The van der Waals surface area contributed by atoms with E-state index in [-0.39, 0.29) is 12.4 Å². The number of hydrogen-bond donors (Lipinski definition) is 2. The highest BCUT2D eigenvalue weighted by atomic mass is 79.9. The van der Waals surface area contributed by atoms with Crippen molar-refractivity contribution >= 4 is 32.5 Å². The Labute approximate surface area is 107 Å². The molecule has 90 valence electrons. The Balaban J connectivity index is 2.74. The largest absolute Gasteiger partial charge is 0.396 e. The average Bonchev–Trinajstić information content (AvgIpc) is 2.32. The second-order valence-corrected chi connectivity index (χ2v) is 4.51. The lowest BCUT2D eigenvalue weighted by molar-refractivity contribution is 0.300. The van der Waals surface area contributed by atoms with Gasteiger partial charge in [-0.05, 0) is 34.0 Å². The smallest absolute Gasteiger partial charge is 0.139 e. The van der Waals surface area contributed by atoms with E-state index in [9.17, 15) is 4.39 Å². The van der Waals surface area contributed by atoms with Crippen LogP contribution in [0.3, 0.4) is 0 Å². The molecule has 5 heteroatoms. The third kappa shape index (κ3) is 2.25. The second kappa shape index (κ2) is 4.98. The van der Waals surface area contributed by atoms with E-state index >= 15 is 0 Å². The zero-order valence-corrected chi connectivity index (χ0v) is 10.9. The van der Waals surface area contributed by atoms with Gasteiger partial charge >= 0.3 is 0 Å². The molecule has 0 saturated carbocycles. The first kappa shape index (κ1) is 12.3. The van der Waals surface area contributed by atoms with Crippen LogP contribution in [0.4, 0.5) is 10.1 Å². The molecule has 0 aliphatic rings. The minimum Gasteiger partial charge on any atom is -0.396 e. The number of anilines is 1. The van der Waals surface area contributed by atoms with Crippen molar-refractivity contribution in [3.63, 3.8) is 0 Å². The predicted molar refractivity (Wildman–Crippen MR) is 69.7 cm³/mol. The molecule has 0 amide bonds. The van der Waals surface area contributed by atoms with Crippen molar-refractivity contribution in [2.45, 2.75) is 6.42 Å². The van der Waals surface area contributed by atoms with E-state index in [0.29, 0.717) is 16.4 Å². The van der Waals surface area contributed by atoms with Crippen LogP contribution in [-0.4, -0.2) is 23.7 Å². The summed E-state index contributed by atoms with van der Waals surface area (Å²) in [6.45, 7) is 0.0444. The van der Waals surface area contributed by atoms with Crippen LogP contribution in [-0.2, 0) is 6.42 Å². The molecule has 0 aliphatic heterocycles. The summed E-state index contributed by atoms with van der Waals surface area (Å²) in [6.07, 6.45) is 2.16. The van der Waals surface area contributed by atoms with Crippen molar-refractivity contribution in [2.24, 2.45) is 0 Å². The van der Waals surface area contributed by atoms with Crippen molar-refractivity contribution in [3.8, 4) is 0 Å². The third-order valence-corrected chi connectivity index (χ3v) is 3.26. The van der Waals surface area contributed by atoms with Crippen molar-refractivity contribution in [1.82, 2.24) is 4.98 Å². The topological polar surface area (TPSA) is 45.2 Å². The maximum absolute atomic E-state index is 13.4. The molecular weight excluding hydrogens is 287 g/mol. The zero-order valence-electron chi connectivity index (χ0n) is 9.30. The molecule has 0 aliphatic carbocycles. The number of nitrogens with zero attached hydrogens (tertiary/aromatic N) is 1. The molecule has 1 heterocycles. The van der Waals surface area contributed by atoms with Gasteiger partial charge in [-0.3, -0.25) is 4.98 Å². The summed E-state index contributed by atoms with van der Waals surface area (Å²) in [4.78, 5) is 4.19. The highest BCUT2D eigenvalue weighted by Gasteiger charge is 2.10. The zero-order chi connectivity index (χ0) is 12.4. The first-order valence-corrected chi connectivity index (χ1v) is 6.02. The van der Waals surface area contributed by atoms with Crippen LogP contribution in [0.2, 0.25) is 0 Å². The molecule has 0 saturated heterocycles. The fourth-order valence-corrected chi connectivity index (χ4v) is 2.18. The minimum atomic E-state index is -0.336. The van der Waals surface area contributed by atoms with Crippen LogP contribution in [0.25, 0.3) is 10.9 Å². The van der Waals surface area contributed by atoms with Gasteiger partial charge in [0.15, 0.2) is 0 Å². The molecule has 2 aromatic rings. The molecule has 0 fully saturated rings. The van der Waals surface area contributed by atoms with Gasteiger partial charge in [-0.1, -0.05) is 0 Å². The van der Waals surface area contributed by atoms with E-state index in [1.165, 1.54) is 6.07 Å². The Kier molecular flexibility index (Phi) is 3.59. The van der Waals surface area contributed by atoms with E-state index in [0.717, 1.165) is 16.6 Å². The fraction of sp³-hybridized carbons (Fsp3) is 0.250. The number of aromatic nitrogens is 1. The van der Waals surface area contributed by atoms with Gasteiger partial charge in [0.25, 0.3) is 0 Å². The molecule has 0 bridgehead atoms. The summed E-state index contributed by atoms with van der Waals surface area (Å²) in [7, 11) is 1.79. The summed E-state index contributed by atoms with van der Waals surface area (Å²) in [5, 5.41) is 13.0. The Morgan fingerprint density at radius 2 is 2.24 bits per heavy atom. The number of pyridine rings is 1. The van der Waals surface area contributed by atoms with Crippen LogP contribution in [0.15, 0.2) is 22.8 Å². The number of halogens is 2. The molecule has 3 nitrogen and oxygen atoms in total. The predicted octanol–water partition coefficient (Wildman–Crippen LogP) is 2.71. The van der Waals surface area contributed by atoms with Crippen LogP contribution >= 0.6 is 15.9 Å². The van der Waals surface area contributed by atoms with Gasteiger partial charge in [0, 0.05) is 25.1 Å². The Hall–Kier alpha value is -1.20. The molecule has 0 unspecified atom stereocenters. The molecule has 1 aromatic heterocycles. The lowest BCUT2D eigenvalue weighted by Crippen LogP contribution is -2.01. The fourth-order valence-electron chi connectivity index (χ4n) is 1.84. The number of rotatable bonds is 3. The molecule has 0 radical (unpaired) electrons. The monoisotopic (exact) mass is 298 g/mol. The van der Waals surface area contributed by atoms with Crippen molar-refractivity contribution in [3.05, 3.63) is 34.2 Å². The Morgan fingerprint density at radius 1 is 1.47 bits per heavy atom. The SMILES string of the molecule is CNc1cnc2cc(F)c(Br)cc2c1CCO. The van der Waals surface area contributed by atoms with Gasteiger partial charge < -0.3 is 10.4 Å². The molecule has 0 atom stereocenters. The number of benzene rings is 1. The normalized spacial score (nSPS) is 10.8. The number of aliphatic hydroxyl groups is 1. The highest BCUT2D eigenvalue weighted by Crippen LogP contribution is 2.29. The summed E-state index contributed by atoms with van der Waals surface area (Å²) in [5.74, 6) is -0.336. The van der Waals surface area contributed by atoms with Gasteiger partial charge in [-0.2, -0.15) is 0 Å². The number of hydrogen-bond acceptors (Lipinski definition) is 3. The van der Waals surface area contributed by atoms with Gasteiger partial charge in [-0.15, -0.1) is 0 Å². The molecule has 17 heavy (non-hydrogen) atoms. The quantitative estimate of drug-likeness (QED) is 0.916. The number of aliphatic hydroxyl groups excluding tert-OH is 1. The molecular formula is C12H12BrFN2O. The standard InChI is InChI=1S/C12H12BrFN2O/c1-15-12-6-16-11-5-10(14)9(13)4-8(11)7(12)2-3-17/h4-6,15,17H,2-3H2,1H3. The van der Waals surface area contributed by atoms with Crippen LogP contribution < -0.4 is 5.32 Å². The molecule has 0 spiro atoms. The molecule has 1 aromatic carbocycles. The van der Waals surface area contributed by atoms with E-state index < -0.39 is 0 Å². The highest BCUT2D eigenvalue weighted by molar-refractivity contribution is 9.10. The Morgan fingerprint density at radius 3 is 2.88 bits per heavy atom. The lowest BCUT2D eigenvalue weighted by atomic mass is 10.0. The summed E-state index contributed by atoms with van der Waals surface area (Å²) in [5.41, 5.74) is 2.39. The second-order valence-electron chi connectivity index (χ2n) is 3.66. The van der Waals surface area contributed by atoms with Crippen molar-refractivity contribution in [1.29, 1.82) is 0 Å². The van der Waals surface area contributed by atoms with Crippen LogP contribution in [0.5, 0.6) is 0 Å². The van der Waals surface area contributed by atoms with E-state index in [1.807, 2.05) is 0 Å². The van der Waals surface area contributed by atoms with E-state index in [2.05, 4.69) is 26.2 Å². The van der Waals surface area contributed by atoms with Crippen LogP contribution in [0, 0.1) is 5.82 Å². The molecule has 2 rings (SSSR count). The van der Waals surface area contributed by atoms with Gasteiger partial charge in [-0.25, -0.2) is 4.39 Å². The van der Waals surface area contributed by atoms with Gasteiger partial charge in [0.2, 0.25) is 0 Å². The summed E-state index contributed by atoms with van der Waals surface area (Å²) in [6, 6.07) is 3.09. The maximum atomic E-state index is 13.4. The lowest BCUT2D eigenvalue weighted by Gasteiger charge is -2.11. The van der Waals surface area contributed by atoms with Crippen molar-refractivity contribution in [2.75, 3.05) is 19.0 Å². The summed E-state index contributed by atoms with van der Waals surface area (Å²) < 4.78 is 13.8. The first-order chi connectivity index (χ1) is 8.17. The van der Waals surface area contributed by atoms with Crippen LogP contribution in [0.1, 0.15) is 5.56 Å². The van der Waals surface area contributed by atoms with Crippen molar-refractivity contribution < 1.29 is 9.50 Å². The van der Waals surface area contributed by atoms with Gasteiger partial charge in [0.05, 0.1) is 21.9 Å². The average molecular weight is 299 g/mol. The summed E-state index contributed by atoms with van der Waals surface area (Å²) >= 11 is 3.16. The maximum Gasteiger partial charge on any atom is 0.139 e. The van der Waals surface area contributed by atoms with E-state index in [1.54, 1.807) is 19.3 Å². The van der Waals surface area contributed by atoms with Gasteiger partial charge in [0.1, 0.15) is 5.82 Å². The third-order valence-electron chi connectivity index (χ3n) is 2.65. The molecule has 2 N–H and O–H groups in total.